The van der Waals surface area contributed by atoms with Crippen molar-refractivity contribution in [3.63, 3.8) is 0 Å². The van der Waals surface area contributed by atoms with Crippen LogP contribution in [0.5, 0.6) is 11.5 Å². The highest BCUT2D eigenvalue weighted by Gasteiger charge is 2.85. The second-order valence-electron chi connectivity index (χ2n) is 24.5. The highest BCUT2D eigenvalue weighted by atomic mass is 16.6. The fourth-order valence-electron chi connectivity index (χ4n) is 19.4. The number of ketones is 1. The quantitative estimate of drug-likeness (QED) is 0.193. The number of phenolic OH excluding ortho intramolecular Hbond substituents is 2. The molecule has 11 aliphatic rings. The summed E-state index contributed by atoms with van der Waals surface area (Å²) in [7, 11) is 0. The number of rotatable bonds is 5. The number of aliphatic hydroxyl groups is 7. The second kappa shape index (κ2) is 14.3. The molecule has 19 unspecified atom stereocenters. The van der Waals surface area contributed by atoms with Crippen molar-refractivity contribution in [1.82, 2.24) is 5.32 Å². The molecule has 5 saturated carbocycles. The first-order valence-corrected chi connectivity index (χ1v) is 25.7. The smallest absolute Gasteiger partial charge is 0.160 e. The van der Waals surface area contributed by atoms with Gasteiger partial charge >= 0.3 is 0 Å². The first-order valence-electron chi connectivity index (χ1n) is 25.7. The van der Waals surface area contributed by atoms with Crippen LogP contribution in [-0.2, 0) is 16.0 Å². The number of ether oxygens (including phenoxy) is 1. The summed E-state index contributed by atoms with van der Waals surface area (Å²) in [5, 5.41) is 118. The number of likely N-dealkylation sites (N-methyl/N-ethyl adjacent to an activating group) is 1. The van der Waals surface area contributed by atoms with E-state index in [9.17, 15) is 46.0 Å². The molecule has 2 bridgehead atoms. The number of fused-ring (bicyclic) bond motifs is 17. The van der Waals surface area contributed by atoms with Crippen molar-refractivity contribution in [2.75, 3.05) is 19.7 Å². The molecule has 19 atom stereocenters. The lowest BCUT2D eigenvalue weighted by molar-refractivity contribution is -0.255. The minimum atomic E-state index is -1.87. The summed E-state index contributed by atoms with van der Waals surface area (Å²) in [6.07, 6.45) is 6.07. The van der Waals surface area contributed by atoms with Gasteiger partial charge in [-0.1, -0.05) is 76.6 Å². The molecule has 12 heteroatoms. The summed E-state index contributed by atoms with van der Waals surface area (Å²) in [4.78, 5) is 15.7. The van der Waals surface area contributed by atoms with Crippen LogP contribution in [0.2, 0.25) is 0 Å². The van der Waals surface area contributed by atoms with Crippen LogP contribution in [0.4, 0.5) is 0 Å². The number of hydrogen-bond acceptors (Lipinski definition) is 12. The molecule has 10 aliphatic carbocycles. The SMILES string of the molecule is CCNCC1=CC2(C)CCC1C1(OC3CC4(O)C5=CC(=O)C6C7c8cc(O)cc(O)c8CCC7(O)C(O)CC6(C)C5C5(CCC6C=c7ccccc7=C(O)C65)CC4(C)C3C1(O)CCO)C(O)C2C. The normalized spacial score (nSPS) is 50.2. The number of aromatic hydroxyl groups is 2. The average molecular weight is 934 g/mol. The van der Waals surface area contributed by atoms with Gasteiger partial charge < -0.3 is 56.0 Å². The van der Waals surface area contributed by atoms with Crippen molar-refractivity contribution in [1.29, 1.82) is 0 Å². The molecule has 1 heterocycles. The Morgan fingerprint density at radius 3 is 2.44 bits per heavy atom. The van der Waals surface area contributed by atoms with E-state index >= 15 is 4.79 Å². The molecule has 10 N–H and O–H groups in total. The van der Waals surface area contributed by atoms with Crippen LogP contribution in [0.3, 0.4) is 0 Å². The molecular formula is C56H71NO11. The van der Waals surface area contributed by atoms with Crippen LogP contribution >= 0.6 is 0 Å². The fraction of sp³-hybridized carbons (Fsp3) is 0.661. The van der Waals surface area contributed by atoms with Gasteiger partial charge in [0.15, 0.2) is 5.78 Å². The monoisotopic (exact) mass is 934 g/mol. The summed E-state index contributed by atoms with van der Waals surface area (Å²) in [5.41, 5.74) is -8.15. The summed E-state index contributed by atoms with van der Waals surface area (Å²) >= 11 is 0. The van der Waals surface area contributed by atoms with E-state index in [2.05, 4.69) is 24.4 Å². The number of allylic oxidation sites excluding steroid dienone is 2. The maximum atomic E-state index is 15.7. The Morgan fingerprint density at radius 1 is 0.926 bits per heavy atom. The first-order chi connectivity index (χ1) is 32.1. The minimum absolute atomic E-state index is 0.00664. The Labute approximate surface area is 398 Å². The van der Waals surface area contributed by atoms with Crippen molar-refractivity contribution < 1.29 is 55.5 Å². The largest absolute Gasteiger partial charge is 0.511 e. The van der Waals surface area contributed by atoms with E-state index in [-0.39, 0.29) is 78.8 Å². The molecule has 0 amide bonds. The number of aliphatic hydroxyl groups excluding tert-OH is 4. The zero-order chi connectivity index (χ0) is 48.1. The summed E-state index contributed by atoms with van der Waals surface area (Å²) in [5.74, 6) is -5.26. The third-order valence-electron chi connectivity index (χ3n) is 21.9. The van der Waals surface area contributed by atoms with Crippen molar-refractivity contribution in [2.24, 2.45) is 63.1 Å². The zero-order valence-corrected chi connectivity index (χ0v) is 40.1. The Balaban J connectivity index is 1.09. The van der Waals surface area contributed by atoms with Gasteiger partial charge in [0, 0.05) is 72.3 Å². The lowest BCUT2D eigenvalue weighted by Crippen LogP contribution is -2.73. The van der Waals surface area contributed by atoms with E-state index in [0.717, 1.165) is 29.0 Å². The lowest BCUT2D eigenvalue weighted by Gasteiger charge is -2.70. The fourth-order valence-corrected chi connectivity index (χ4v) is 19.4. The highest BCUT2D eigenvalue weighted by molar-refractivity contribution is 5.96. The maximum Gasteiger partial charge on any atom is 0.160 e. The predicted octanol–water partition coefficient (Wildman–Crippen LogP) is 3.92. The topological polar surface area (TPSA) is 220 Å². The van der Waals surface area contributed by atoms with Crippen LogP contribution in [0.25, 0.3) is 11.8 Å². The van der Waals surface area contributed by atoms with E-state index in [1.165, 1.54) is 12.1 Å². The van der Waals surface area contributed by atoms with Crippen LogP contribution in [0.1, 0.15) is 109 Å². The number of nitrogens with one attached hydrogen (secondary N) is 1. The molecule has 366 valence electrons. The standard InChI is InChI=1S/C56H71NO11/c1-6-57-26-31-23-49(3)14-13-36(31)56(48(64)28(49)2)54(66,17-18-58)47-40(68-56)24-55(67)37-22-39(61)44-43-35-20-32(59)21-38(60)34(35)12-16-53(43,65)41(62)25-50(44,4)46(37)52(27-51(47,55)5)15-11-30-19-29-9-7-8-10-33(29)45(63)42(30)52/h7-10,19-23,28,30,36,40-44,46-48,57-60,62-67H,6,11-18,24-27H2,1-5H3. The average Bonchev–Trinajstić information content (AvgIpc) is 3.81. The molecule has 6 fully saturated rings. The molecule has 2 aromatic rings. The number of carbonyl (C=O) groups excluding carboxylic acids is 1. The summed E-state index contributed by atoms with van der Waals surface area (Å²) < 4.78 is 7.55. The Bertz CT molecular complexity index is 2720. The van der Waals surface area contributed by atoms with Gasteiger partial charge in [-0.05, 0) is 126 Å². The van der Waals surface area contributed by atoms with Gasteiger partial charge in [0.2, 0.25) is 0 Å². The van der Waals surface area contributed by atoms with Crippen LogP contribution < -0.4 is 15.8 Å². The van der Waals surface area contributed by atoms with Crippen LogP contribution in [0.15, 0.2) is 59.7 Å². The molecular weight excluding hydrogens is 863 g/mol. The Morgan fingerprint density at radius 2 is 1.69 bits per heavy atom. The lowest BCUT2D eigenvalue weighted by atomic mass is 9.35. The van der Waals surface area contributed by atoms with Gasteiger partial charge in [0.25, 0.3) is 0 Å². The number of benzene rings is 2. The minimum Gasteiger partial charge on any atom is -0.511 e. The van der Waals surface area contributed by atoms with Crippen molar-refractivity contribution in [3.8, 4) is 11.5 Å². The molecule has 2 aromatic carbocycles. The van der Waals surface area contributed by atoms with E-state index in [4.69, 9.17) is 4.74 Å². The molecule has 68 heavy (non-hydrogen) atoms. The van der Waals surface area contributed by atoms with E-state index in [0.29, 0.717) is 42.5 Å². The van der Waals surface area contributed by atoms with Crippen molar-refractivity contribution in [3.05, 3.63) is 81.3 Å². The van der Waals surface area contributed by atoms with E-state index in [1.807, 2.05) is 52.0 Å². The second-order valence-corrected chi connectivity index (χ2v) is 24.5. The third kappa shape index (κ3) is 5.17. The Hall–Kier alpha value is -3.59. The zero-order valence-electron chi connectivity index (χ0n) is 40.1. The number of phenols is 2. The molecule has 13 rings (SSSR count). The van der Waals surface area contributed by atoms with Crippen LogP contribution in [0, 0.1) is 63.1 Å². The van der Waals surface area contributed by atoms with E-state index < -0.39 is 99.1 Å². The number of hydrogen-bond donors (Lipinski definition) is 10. The molecule has 1 saturated heterocycles. The maximum absolute atomic E-state index is 15.7. The molecule has 1 aliphatic heterocycles. The van der Waals surface area contributed by atoms with Crippen LogP contribution in [-0.4, -0.2) is 112 Å². The molecule has 2 spiro atoms. The van der Waals surface area contributed by atoms with Gasteiger partial charge in [0.1, 0.15) is 28.5 Å². The molecule has 0 aromatic heterocycles. The highest BCUT2D eigenvalue weighted by Crippen LogP contribution is 2.81. The summed E-state index contributed by atoms with van der Waals surface area (Å²) in [6, 6.07) is 10.6. The van der Waals surface area contributed by atoms with Gasteiger partial charge in [-0.25, -0.2) is 0 Å². The number of carbonyl (C=O) groups is 1. The Kier molecular flexibility index (Phi) is 9.58. The van der Waals surface area contributed by atoms with Gasteiger partial charge in [0.05, 0.1) is 29.5 Å². The van der Waals surface area contributed by atoms with E-state index in [1.54, 1.807) is 6.08 Å². The molecule has 0 radical (unpaired) electrons. The van der Waals surface area contributed by atoms with Crippen molar-refractivity contribution in [2.45, 2.75) is 145 Å². The van der Waals surface area contributed by atoms with Gasteiger partial charge in [-0.3, -0.25) is 4.79 Å². The van der Waals surface area contributed by atoms with Gasteiger partial charge in [-0.15, -0.1) is 0 Å². The summed E-state index contributed by atoms with van der Waals surface area (Å²) in [6.45, 7) is 11.2. The first kappa shape index (κ1) is 45.5. The molecule has 12 nitrogen and oxygen atoms in total. The van der Waals surface area contributed by atoms with Gasteiger partial charge in [-0.2, -0.15) is 0 Å². The third-order valence-corrected chi connectivity index (χ3v) is 21.9. The van der Waals surface area contributed by atoms with Crippen molar-refractivity contribution >= 4 is 17.6 Å². The predicted molar refractivity (Wildman–Crippen MR) is 252 cm³/mol.